The highest BCUT2D eigenvalue weighted by atomic mass is 79.9. The summed E-state index contributed by atoms with van der Waals surface area (Å²) < 4.78 is 25.4. The van der Waals surface area contributed by atoms with Gasteiger partial charge in [0.2, 0.25) is 0 Å². The molecule has 15 heavy (non-hydrogen) atoms. The van der Waals surface area contributed by atoms with Gasteiger partial charge in [0.25, 0.3) is 0 Å². The number of nitrogens with zero attached hydrogens (tertiary/aromatic N) is 2. The summed E-state index contributed by atoms with van der Waals surface area (Å²) in [6.07, 6.45) is 3.19. The zero-order chi connectivity index (χ0) is 11.1. The van der Waals surface area contributed by atoms with E-state index in [1.165, 1.54) is 0 Å². The van der Waals surface area contributed by atoms with E-state index in [4.69, 9.17) is 5.73 Å². The van der Waals surface area contributed by atoms with Gasteiger partial charge in [-0.1, -0.05) is 0 Å². The van der Waals surface area contributed by atoms with E-state index < -0.39 is 9.84 Å². The molecule has 2 N–H and O–H groups in total. The van der Waals surface area contributed by atoms with E-state index in [-0.39, 0.29) is 5.25 Å². The van der Waals surface area contributed by atoms with Crippen LogP contribution < -0.4 is 5.73 Å². The predicted octanol–water partition coefficient (Wildman–Crippen LogP) is 0.805. The average molecular weight is 294 g/mol. The smallest absolute Gasteiger partial charge is 0.159 e. The van der Waals surface area contributed by atoms with E-state index in [1.807, 2.05) is 0 Å². The van der Waals surface area contributed by atoms with E-state index in [2.05, 4.69) is 21.0 Å². The average Bonchev–Trinajstić information content (AvgIpc) is 2.59. The molecule has 1 aromatic rings. The number of nitrogens with two attached hydrogens (primary N) is 1. The van der Waals surface area contributed by atoms with Crippen molar-refractivity contribution in [2.24, 2.45) is 0 Å². The van der Waals surface area contributed by atoms with Gasteiger partial charge in [0.15, 0.2) is 15.7 Å². The molecule has 1 aromatic heterocycles. The molecule has 84 valence electrons. The zero-order valence-electron chi connectivity index (χ0n) is 8.06. The second kappa shape index (κ2) is 3.79. The Bertz CT molecular complexity index is 449. The molecule has 0 spiro atoms. The van der Waals surface area contributed by atoms with Gasteiger partial charge in [0.1, 0.15) is 0 Å². The van der Waals surface area contributed by atoms with Crippen LogP contribution in [-0.2, 0) is 16.4 Å². The van der Waals surface area contributed by atoms with Crippen molar-refractivity contribution in [3.63, 3.8) is 0 Å². The number of sulfone groups is 1. The lowest BCUT2D eigenvalue weighted by molar-refractivity contribution is 0.543. The first kappa shape index (κ1) is 10.9. The van der Waals surface area contributed by atoms with Gasteiger partial charge in [-0.3, -0.25) is 4.68 Å². The van der Waals surface area contributed by atoms with Crippen molar-refractivity contribution in [2.45, 2.75) is 24.6 Å². The normalized spacial score (nSPS) is 24.5. The number of nitrogen functional groups attached to an aromatic ring is 1. The topological polar surface area (TPSA) is 78.0 Å². The largest absolute Gasteiger partial charge is 0.381 e. The Kier molecular flexibility index (Phi) is 2.76. The van der Waals surface area contributed by atoms with Crippen molar-refractivity contribution in [1.82, 2.24) is 9.78 Å². The van der Waals surface area contributed by atoms with Gasteiger partial charge in [0.05, 0.1) is 22.0 Å². The second-order valence-corrected chi connectivity index (χ2v) is 6.97. The van der Waals surface area contributed by atoms with Crippen molar-refractivity contribution in [1.29, 1.82) is 0 Å². The van der Waals surface area contributed by atoms with Crippen LogP contribution >= 0.6 is 15.9 Å². The molecule has 5 nitrogen and oxygen atoms in total. The summed E-state index contributed by atoms with van der Waals surface area (Å²) in [5, 5.41) is 3.72. The minimum atomic E-state index is -2.91. The van der Waals surface area contributed by atoms with Crippen LogP contribution in [0.25, 0.3) is 0 Å². The maximum absolute atomic E-state index is 11.6. The third-order valence-electron chi connectivity index (χ3n) is 2.60. The number of hydrogen-bond donors (Lipinski definition) is 1. The molecule has 2 heterocycles. The lowest BCUT2D eigenvalue weighted by Crippen LogP contribution is -2.22. The van der Waals surface area contributed by atoms with Gasteiger partial charge in [-0.25, -0.2) is 8.42 Å². The fraction of sp³-hybridized carbons (Fsp3) is 0.625. The molecule has 1 aliphatic rings. The molecular formula is C8H12BrN3O2S. The van der Waals surface area contributed by atoms with Gasteiger partial charge in [-0.2, -0.15) is 5.10 Å². The van der Waals surface area contributed by atoms with Crippen LogP contribution in [0.5, 0.6) is 0 Å². The number of aromatic nitrogens is 2. The Hall–Kier alpha value is -0.560. The molecule has 0 bridgehead atoms. The number of hydrogen-bond acceptors (Lipinski definition) is 4. The van der Waals surface area contributed by atoms with Crippen molar-refractivity contribution >= 4 is 31.6 Å². The standard InChI is InChI=1S/C8H12BrN3O2S/c9-7-5-12(11-8(7)10)4-6-2-1-3-15(6,13)14/h5-6H,1-4H2,(H2,10,11). The molecule has 0 saturated carbocycles. The summed E-state index contributed by atoms with van der Waals surface area (Å²) in [7, 11) is -2.91. The van der Waals surface area contributed by atoms with Crippen LogP contribution in [0.1, 0.15) is 12.8 Å². The molecule has 0 aromatic carbocycles. The number of anilines is 1. The number of halogens is 1. The summed E-state index contributed by atoms with van der Waals surface area (Å²) in [5.74, 6) is 0.695. The van der Waals surface area contributed by atoms with Gasteiger partial charge in [-0.05, 0) is 28.8 Å². The summed E-state index contributed by atoms with van der Waals surface area (Å²) in [4.78, 5) is 0. The first-order valence-electron chi connectivity index (χ1n) is 4.69. The second-order valence-electron chi connectivity index (χ2n) is 3.72. The Morgan fingerprint density at radius 2 is 2.40 bits per heavy atom. The molecule has 2 rings (SSSR count). The maximum Gasteiger partial charge on any atom is 0.159 e. The Morgan fingerprint density at radius 3 is 2.87 bits per heavy atom. The van der Waals surface area contributed by atoms with Crippen molar-refractivity contribution in [3.8, 4) is 0 Å². The summed E-state index contributed by atoms with van der Waals surface area (Å²) >= 11 is 3.24. The summed E-state index contributed by atoms with van der Waals surface area (Å²) in [5.41, 5.74) is 5.55. The lowest BCUT2D eigenvalue weighted by atomic mass is 10.2. The highest BCUT2D eigenvalue weighted by Crippen LogP contribution is 2.23. The minimum absolute atomic E-state index is 0.301. The Morgan fingerprint density at radius 1 is 1.67 bits per heavy atom. The SMILES string of the molecule is Nc1nn(CC2CCCS2(=O)=O)cc1Br. The molecule has 1 saturated heterocycles. The van der Waals surface area contributed by atoms with Crippen LogP contribution in [0.15, 0.2) is 10.7 Å². The van der Waals surface area contributed by atoms with Crippen molar-refractivity contribution < 1.29 is 8.42 Å². The fourth-order valence-corrected chi connectivity index (χ4v) is 3.90. The van der Waals surface area contributed by atoms with E-state index in [0.717, 1.165) is 12.8 Å². The van der Waals surface area contributed by atoms with E-state index in [9.17, 15) is 8.42 Å². The van der Waals surface area contributed by atoms with Crippen LogP contribution in [0, 0.1) is 0 Å². The third-order valence-corrected chi connectivity index (χ3v) is 5.47. The van der Waals surface area contributed by atoms with Crippen LogP contribution in [0.2, 0.25) is 0 Å². The van der Waals surface area contributed by atoms with E-state index in [0.29, 0.717) is 22.6 Å². The fourth-order valence-electron chi connectivity index (χ4n) is 1.78. The quantitative estimate of drug-likeness (QED) is 0.875. The monoisotopic (exact) mass is 293 g/mol. The number of rotatable bonds is 2. The first-order chi connectivity index (χ1) is 6.99. The van der Waals surface area contributed by atoms with Crippen LogP contribution in [-0.4, -0.2) is 29.2 Å². The van der Waals surface area contributed by atoms with Crippen molar-refractivity contribution in [2.75, 3.05) is 11.5 Å². The van der Waals surface area contributed by atoms with Gasteiger partial charge < -0.3 is 5.73 Å². The predicted molar refractivity (Wildman–Crippen MR) is 61.1 cm³/mol. The minimum Gasteiger partial charge on any atom is -0.381 e. The molecule has 1 unspecified atom stereocenters. The van der Waals surface area contributed by atoms with Gasteiger partial charge in [0, 0.05) is 6.20 Å². The highest BCUT2D eigenvalue weighted by molar-refractivity contribution is 9.10. The summed E-state index contributed by atoms with van der Waals surface area (Å²) in [6.45, 7) is 0.401. The van der Waals surface area contributed by atoms with Crippen LogP contribution in [0.4, 0.5) is 5.82 Å². The maximum atomic E-state index is 11.6. The van der Waals surface area contributed by atoms with Crippen molar-refractivity contribution in [3.05, 3.63) is 10.7 Å². The van der Waals surface area contributed by atoms with E-state index in [1.54, 1.807) is 10.9 Å². The Balaban J connectivity index is 2.16. The first-order valence-corrected chi connectivity index (χ1v) is 7.20. The molecule has 0 aliphatic carbocycles. The van der Waals surface area contributed by atoms with Gasteiger partial charge in [-0.15, -0.1) is 0 Å². The zero-order valence-corrected chi connectivity index (χ0v) is 10.5. The van der Waals surface area contributed by atoms with Crippen LogP contribution in [0.3, 0.4) is 0 Å². The highest BCUT2D eigenvalue weighted by Gasteiger charge is 2.31. The molecule has 7 heteroatoms. The molecular weight excluding hydrogens is 282 g/mol. The molecule has 0 radical (unpaired) electrons. The van der Waals surface area contributed by atoms with Gasteiger partial charge >= 0.3 is 0 Å². The molecule has 1 atom stereocenters. The van der Waals surface area contributed by atoms with E-state index >= 15 is 0 Å². The summed E-state index contributed by atoms with van der Waals surface area (Å²) in [6, 6.07) is 0. The lowest BCUT2D eigenvalue weighted by Gasteiger charge is -2.08. The molecule has 1 aliphatic heterocycles. The molecule has 1 fully saturated rings. The third kappa shape index (κ3) is 2.17. The molecule has 0 amide bonds. The Labute approximate surface area is 96.7 Å².